The fourth-order valence-electron chi connectivity index (χ4n) is 1.26. The van der Waals surface area contributed by atoms with E-state index in [0.717, 1.165) is 18.6 Å². The number of hydrogen-bond donors (Lipinski definition) is 0. The van der Waals surface area contributed by atoms with Crippen LogP contribution in [0.3, 0.4) is 0 Å². The van der Waals surface area contributed by atoms with E-state index in [-0.39, 0.29) is 0 Å². The third kappa shape index (κ3) is 1.34. The van der Waals surface area contributed by atoms with Gasteiger partial charge in [0.15, 0.2) is 6.71 Å². The summed E-state index contributed by atoms with van der Waals surface area (Å²) in [5.41, 5.74) is 2.16. The molecule has 0 N–H and O–H groups in total. The lowest BCUT2D eigenvalue weighted by atomic mass is 9.63. The van der Waals surface area contributed by atoms with Crippen molar-refractivity contribution in [2.75, 3.05) is 0 Å². The average molecular weight is 144 g/mol. The molecule has 0 aromatic heterocycles. The van der Waals surface area contributed by atoms with Crippen LogP contribution in [0.5, 0.6) is 0 Å². The van der Waals surface area contributed by atoms with Gasteiger partial charge in [0.2, 0.25) is 0 Å². The number of carbonyl (C=O) groups is 1. The number of benzene rings is 1. The molecule has 0 bridgehead atoms. The van der Waals surface area contributed by atoms with Gasteiger partial charge in [-0.1, -0.05) is 42.4 Å². The second-order valence-corrected chi connectivity index (χ2v) is 3.06. The maximum absolute atomic E-state index is 10.3. The minimum Gasteiger partial charge on any atom is -0.298 e. The summed E-state index contributed by atoms with van der Waals surface area (Å²) in [5, 5.41) is 0. The van der Waals surface area contributed by atoms with Gasteiger partial charge in [0.1, 0.15) is 6.29 Å². The first kappa shape index (κ1) is 6.65. The van der Waals surface area contributed by atoms with Gasteiger partial charge in [-0.15, -0.1) is 0 Å². The Labute approximate surface area is 66.5 Å². The number of hydrogen-bond acceptors (Lipinski definition) is 1. The van der Waals surface area contributed by atoms with E-state index < -0.39 is 0 Å². The molecule has 0 atom stereocenters. The van der Waals surface area contributed by atoms with Crippen molar-refractivity contribution < 1.29 is 4.79 Å². The van der Waals surface area contributed by atoms with Crippen LogP contribution in [0.2, 0.25) is 12.6 Å². The lowest BCUT2D eigenvalue weighted by molar-refractivity contribution is 0.112. The van der Waals surface area contributed by atoms with Crippen molar-refractivity contribution in [2.45, 2.75) is 12.6 Å². The molecule has 0 spiro atoms. The Morgan fingerprint density at radius 3 is 2.27 bits per heavy atom. The molecule has 54 valence electrons. The van der Waals surface area contributed by atoms with Gasteiger partial charge in [0.25, 0.3) is 0 Å². The Hall–Kier alpha value is -1.05. The molecule has 1 aromatic rings. The molecule has 0 radical (unpaired) electrons. The molecule has 0 aliphatic carbocycles. The predicted molar refractivity (Wildman–Crippen MR) is 46.8 cm³/mol. The van der Waals surface area contributed by atoms with Crippen LogP contribution in [0.25, 0.3) is 0 Å². The van der Waals surface area contributed by atoms with E-state index in [1.54, 1.807) is 0 Å². The molecule has 0 saturated carbocycles. The third-order valence-electron chi connectivity index (χ3n) is 2.12. The lowest BCUT2D eigenvalue weighted by Crippen LogP contribution is -2.13. The third-order valence-corrected chi connectivity index (χ3v) is 2.12. The van der Waals surface area contributed by atoms with Gasteiger partial charge in [0, 0.05) is 5.56 Å². The molecule has 1 saturated heterocycles. The molecule has 1 nitrogen and oxygen atoms in total. The normalized spacial score (nSPS) is 14.7. The minimum absolute atomic E-state index is 0.773. The minimum atomic E-state index is 0.773. The highest BCUT2D eigenvalue weighted by Gasteiger charge is 2.27. The van der Waals surface area contributed by atoms with Crippen LogP contribution in [-0.4, -0.2) is 13.0 Å². The molecule has 1 aliphatic heterocycles. The van der Waals surface area contributed by atoms with E-state index >= 15 is 0 Å². The summed E-state index contributed by atoms with van der Waals surface area (Å²) in [6.07, 6.45) is 3.53. The average Bonchev–Trinajstić information content (AvgIpc) is 2.87. The Bertz CT molecular complexity index is 261. The van der Waals surface area contributed by atoms with E-state index in [1.165, 1.54) is 18.1 Å². The Balaban J connectivity index is 2.25. The van der Waals surface area contributed by atoms with Crippen LogP contribution in [0, 0.1) is 0 Å². The van der Waals surface area contributed by atoms with Crippen LogP contribution in [0.4, 0.5) is 0 Å². The van der Waals surface area contributed by atoms with Gasteiger partial charge < -0.3 is 0 Å². The first-order chi connectivity index (χ1) is 5.40. The van der Waals surface area contributed by atoms with Crippen molar-refractivity contribution in [3.05, 3.63) is 29.8 Å². The summed E-state index contributed by atoms with van der Waals surface area (Å²) in [5.74, 6) is 0. The van der Waals surface area contributed by atoms with E-state index in [0.29, 0.717) is 0 Å². The smallest absolute Gasteiger partial charge is 0.174 e. The first-order valence-electron chi connectivity index (χ1n) is 3.95. The van der Waals surface area contributed by atoms with Crippen molar-refractivity contribution in [3.8, 4) is 0 Å². The molecule has 0 unspecified atom stereocenters. The highest BCUT2D eigenvalue weighted by atomic mass is 16.1. The van der Waals surface area contributed by atoms with Crippen LogP contribution in [0.1, 0.15) is 10.4 Å². The summed E-state index contributed by atoms with van der Waals surface area (Å²) in [6.45, 7) is 0.788. The largest absolute Gasteiger partial charge is 0.298 e. The molecule has 1 aromatic carbocycles. The molecule has 1 heterocycles. The predicted octanol–water partition coefficient (Wildman–Crippen LogP) is 1.21. The maximum atomic E-state index is 10.3. The van der Waals surface area contributed by atoms with E-state index in [1.807, 2.05) is 12.1 Å². The summed E-state index contributed by atoms with van der Waals surface area (Å²) < 4.78 is 0. The standard InChI is InChI=1S/C9H9BO/c11-7-8-1-3-9(4-2-8)10-5-6-10/h1-4,7H,5-6H2. The molecule has 2 heteroatoms. The highest BCUT2D eigenvalue weighted by molar-refractivity contribution is 6.82. The first-order valence-corrected chi connectivity index (χ1v) is 3.95. The van der Waals surface area contributed by atoms with Crippen molar-refractivity contribution >= 4 is 18.5 Å². The summed E-state index contributed by atoms with van der Waals surface area (Å²) in [4.78, 5) is 10.3. The zero-order valence-electron chi connectivity index (χ0n) is 6.29. The highest BCUT2D eigenvalue weighted by Crippen LogP contribution is 2.20. The van der Waals surface area contributed by atoms with Gasteiger partial charge in [0.05, 0.1) is 0 Å². The Morgan fingerprint density at radius 2 is 1.82 bits per heavy atom. The second kappa shape index (κ2) is 2.53. The van der Waals surface area contributed by atoms with Crippen LogP contribution in [0.15, 0.2) is 24.3 Å². The molecular formula is C9H9BO. The van der Waals surface area contributed by atoms with Crippen LogP contribution in [-0.2, 0) is 0 Å². The Morgan fingerprint density at radius 1 is 1.18 bits per heavy atom. The molecule has 0 amide bonds. The lowest BCUT2D eigenvalue weighted by Gasteiger charge is -1.94. The van der Waals surface area contributed by atoms with Gasteiger partial charge in [-0.2, -0.15) is 0 Å². The zero-order chi connectivity index (χ0) is 7.68. The van der Waals surface area contributed by atoms with E-state index in [2.05, 4.69) is 12.1 Å². The number of aldehydes is 1. The van der Waals surface area contributed by atoms with Gasteiger partial charge in [-0.25, -0.2) is 0 Å². The topological polar surface area (TPSA) is 17.1 Å². The summed E-state index contributed by atoms with van der Waals surface area (Å²) in [6, 6.07) is 7.89. The van der Waals surface area contributed by atoms with Crippen LogP contribution >= 0.6 is 0 Å². The van der Waals surface area contributed by atoms with Crippen molar-refractivity contribution in [2.24, 2.45) is 0 Å². The Kier molecular flexibility index (Phi) is 1.53. The van der Waals surface area contributed by atoms with E-state index in [4.69, 9.17) is 0 Å². The fourth-order valence-corrected chi connectivity index (χ4v) is 1.26. The zero-order valence-corrected chi connectivity index (χ0v) is 6.29. The van der Waals surface area contributed by atoms with Gasteiger partial charge in [-0.3, -0.25) is 4.79 Å². The fraction of sp³-hybridized carbons (Fsp3) is 0.222. The van der Waals surface area contributed by atoms with Crippen LogP contribution < -0.4 is 5.46 Å². The van der Waals surface area contributed by atoms with Gasteiger partial charge in [-0.05, 0) is 0 Å². The SMILES string of the molecule is O=Cc1ccc(B2CC2)cc1. The molecule has 2 rings (SSSR count). The maximum Gasteiger partial charge on any atom is 0.174 e. The van der Waals surface area contributed by atoms with Crippen molar-refractivity contribution in [1.82, 2.24) is 0 Å². The monoisotopic (exact) mass is 144 g/mol. The van der Waals surface area contributed by atoms with Gasteiger partial charge >= 0.3 is 0 Å². The summed E-state index contributed by atoms with van der Waals surface area (Å²) in [7, 11) is 0. The van der Waals surface area contributed by atoms with Crippen molar-refractivity contribution in [1.29, 1.82) is 0 Å². The van der Waals surface area contributed by atoms with Crippen molar-refractivity contribution in [3.63, 3.8) is 0 Å². The van der Waals surface area contributed by atoms with E-state index in [9.17, 15) is 4.79 Å². The molecule has 11 heavy (non-hydrogen) atoms. The molecule has 1 fully saturated rings. The molecule has 1 aliphatic rings. The molecular weight excluding hydrogens is 135 g/mol. The summed E-state index contributed by atoms with van der Waals surface area (Å²) >= 11 is 0. The number of carbonyl (C=O) groups excluding carboxylic acids is 1. The quantitative estimate of drug-likeness (QED) is 0.450. The second-order valence-electron chi connectivity index (χ2n) is 3.06. The number of rotatable bonds is 2.